The Labute approximate surface area is 436 Å². The van der Waals surface area contributed by atoms with Crippen molar-refractivity contribution < 1.29 is 0 Å². The van der Waals surface area contributed by atoms with Gasteiger partial charge in [-0.2, -0.15) is 10.5 Å². The lowest BCUT2D eigenvalue weighted by Gasteiger charge is -2.32. The molecule has 2 fully saturated rings. The largest absolute Gasteiger partial charge is 0.383 e. The molecule has 10 aromatic rings. The van der Waals surface area contributed by atoms with Crippen molar-refractivity contribution in [2.24, 2.45) is 0 Å². The van der Waals surface area contributed by atoms with Crippen LogP contribution in [-0.2, 0) is 13.1 Å². The fourth-order valence-electron chi connectivity index (χ4n) is 10.2. The molecule has 0 radical (unpaired) electrons. The van der Waals surface area contributed by atoms with E-state index in [-0.39, 0.29) is 23.7 Å². The molecule has 0 spiro atoms. The van der Waals surface area contributed by atoms with Crippen LogP contribution in [-0.4, -0.2) is 107 Å². The molecule has 0 saturated carbocycles. The molecule has 20 heteroatoms. The van der Waals surface area contributed by atoms with E-state index in [0.29, 0.717) is 79.8 Å². The van der Waals surface area contributed by atoms with Crippen LogP contribution in [0.5, 0.6) is 0 Å². The molecular weight excluding hydrogens is 953 g/mol. The van der Waals surface area contributed by atoms with Gasteiger partial charge in [0.2, 0.25) is 11.6 Å². The molecule has 8 aromatic heterocycles. The predicted molar refractivity (Wildman–Crippen MR) is 289 cm³/mol. The zero-order valence-electron chi connectivity index (χ0n) is 41.2. The fourth-order valence-corrected chi connectivity index (χ4v) is 10.2. The number of hydrogen-bond donors (Lipinski definition) is 4. The summed E-state index contributed by atoms with van der Waals surface area (Å²) >= 11 is 0. The van der Waals surface area contributed by atoms with Crippen molar-refractivity contribution in [1.82, 2.24) is 68.8 Å². The molecule has 0 unspecified atom stereocenters. The van der Waals surface area contributed by atoms with E-state index >= 15 is 0 Å². The normalized spacial score (nSPS) is 14.7. The van der Waals surface area contributed by atoms with Gasteiger partial charge in [-0.3, -0.25) is 18.9 Å². The van der Waals surface area contributed by atoms with Gasteiger partial charge in [-0.15, -0.1) is 0 Å². The summed E-state index contributed by atoms with van der Waals surface area (Å²) < 4.78 is 4.08. The first-order valence-corrected chi connectivity index (χ1v) is 25.2. The van der Waals surface area contributed by atoms with Crippen LogP contribution < -0.4 is 22.1 Å². The Bertz CT molecular complexity index is 3570. The number of nitrogens with one attached hydrogen (secondary N) is 2. The number of aromatic nitrogens is 12. The third kappa shape index (κ3) is 9.76. The van der Waals surface area contributed by atoms with E-state index in [2.05, 4.69) is 98.9 Å². The van der Waals surface area contributed by atoms with Crippen molar-refractivity contribution in [3.63, 3.8) is 0 Å². The molecule has 6 N–H and O–H groups in total. The highest BCUT2D eigenvalue weighted by Crippen LogP contribution is 2.35. The first-order chi connectivity index (χ1) is 37.3. The maximum Gasteiger partial charge on any atom is 0.234 e. The highest BCUT2D eigenvalue weighted by Gasteiger charge is 2.25. The third-order valence-corrected chi connectivity index (χ3v) is 14.0. The van der Waals surface area contributed by atoms with Crippen LogP contribution in [0.25, 0.3) is 67.9 Å². The van der Waals surface area contributed by atoms with Gasteiger partial charge >= 0.3 is 0 Å². The number of anilines is 4. The Morgan fingerprint density at radius 1 is 0.474 bits per heavy atom. The first kappa shape index (κ1) is 47.3. The minimum absolute atomic E-state index is 0.162. The van der Waals surface area contributed by atoms with Crippen LogP contribution in [0.3, 0.4) is 0 Å². The average Bonchev–Trinajstić information content (AvgIpc) is 4.04. The maximum atomic E-state index is 9.22. The van der Waals surface area contributed by atoms with Crippen LogP contribution in [0.4, 0.5) is 23.3 Å². The fraction of sp³-hybridized carbons (Fsp3) is 0.214. The van der Waals surface area contributed by atoms with Gasteiger partial charge in [0, 0.05) is 87.5 Å². The second kappa shape index (κ2) is 20.6. The number of hydrogen-bond acceptors (Lipinski definition) is 18. The topological polar surface area (TPSA) is 269 Å². The molecule has 10 heterocycles. The highest BCUT2D eigenvalue weighted by atomic mass is 15.2. The molecular formula is C56H50N20. The Morgan fingerprint density at radius 3 is 1.29 bits per heavy atom. The molecule has 0 aliphatic carbocycles. The summed E-state index contributed by atoms with van der Waals surface area (Å²) in [4.78, 5) is 51.1. The number of rotatable bonds is 13. The summed E-state index contributed by atoms with van der Waals surface area (Å²) in [6.45, 7) is 5.29. The minimum atomic E-state index is 0.162. The Hall–Kier alpha value is -9.76. The Kier molecular flexibility index (Phi) is 12.8. The van der Waals surface area contributed by atoms with Crippen LogP contribution in [0.15, 0.2) is 134 Å². The molecule has 0 bridgehead atoms. The number of nitrogens with zero attached hydrogens (tertiary/aromatic N) is 16. The summed E-state index contributed by atoms with van der Waals surface area (Å²) in [7, 11) is 0. The lowest BCUT2D eigenvalue weighted by Crippen LogP contribution is -2.38. The lowest BCUT2D eigenvalue weighted by atomic mass is 10.0. The third-order valence-electron chi connectivity index (χ3n) is 14.0. The smallest absolute Gasteiger partial charge is 0.234 e. The Morgan fingerprint density at radius 2 is 0.895 bits per heavy atom. The molecule has 12 rings (SSSR count). The van der Waals surface area contributed by atoms with Gasteiger partial charge in [-0.25, -0.2) is 49.8 Å². The van der Waals surface area contributed by atoms with Crippen molar-refractivity contribution in [3.05, 3.63) is 157 Å². The van der Waals surface area contributed by atoms with Crippen LogP contribution in [0.1, 0.15) is 48.5 Å². The number of nitrogen functional groups attached to an aromatic ring is 2. The van der Waals surface area contributed by atoms with Gasteiger partial charge in [0.1, 0.15) is 46.4 Å². The maximum absolute atomic E-state index is 9.22. The predicted octanol–water partition coefficient (Wildman–Crippen LogP) is 7.59. The van der Waals surface area contributed by atoms with E-state index in [4.69, 9.17) is 31.4 Å². The SMILES string of the molecule is N#Cc1nccc(NC2CCN(Cc3ccc(-n4c(-c5cccnc5N)nc5ccc(-c6ccc7nc(-c8cccnc8N)n(-c8ccc(CN9CCC(Nc%10ccnc(C#N)n%10)CC9)cc8)c7n6)nc54)cc3)CC2)n1. The monoisotopic (exact) mass is 1000 g/mol. The minimum Gasteiger partial charge on any atom is -0.383 e. The van der Waals surface area contributed by atoms with E-state index < -0.39 is 0 Å². The van der Waals surface area contributed by atoms with E-state index in [1.54, 1.807) is 36.9 Å². The molecule has 374 valence electrons. The van der Waals surface area contributed by atoms with Crippen molar-refractivity contribution >= 4 is 45.6 Å². The number of nitrogens with two attached hydrogens (primary N) is 2. The van der Waals surface area contributed by atoms with E-state index in [1.165, 1.54) is 11.1 Å². The average molecular weight is 1000 g/mol. The van der Waals surface area contributed by atoms with Gasteiger partial charge < -0.3 is 22.1 Å². The number of fused-ring (bicyclic) bond motifs is 2. The number of benzene rings is 2. The molecule has 2 aliphatic rings. The number of nitriles is 2. The highest BCUT2D eigenvalue weighted by molar-refractivity contribution is 5.87. The molecule has 0 atom stereocenters. The van der Waals surface area contributed by atoms with Gasteiger partial charge in [0.05, 0.1) is 22.5 Å². The number of pyridine rings is 4. The second-order valence-corrected chi connectivity index (χ2v) is 19.0. The van der Waals surface area contributed by atoms with Gasteiger partial charge in [0.15, 0.2) is 22.9 Å². The first-order valence-electron chi connectivity index (χ1n) is 25.2. The zero-order valence-corrected chi connectivity index (χ0v) is 41.2. The van der Waals surface area contributed by atoms with Crippen molar-refractivity contribution in [3.8, 4) is 57.7 Å². The standard InChI is InChI=1S/C56H50N20/c57-31-49-61-25-17-47(71-49)65-37-19-27-73(28-20-37)33-35-5-9-39(10-6-35)75-53(41-3-1-23-63-51(41)59)69-45-15-13-43(67-55(45)75)44-14-16-46-56(68-44)76(54(70-46)42-4-2-24-64-52(42)60)40-11-7-36(8-12-40)34-74-29-21-38(22-30-74)66-48-18-26-62-50(32-58)72-48/h1-18,23-26,37-38H,19-22,27-30,33-34H2,(H2,59,63)(H2,60,64)(H,61,65,71)(H,62,66,72). The molecule has 2 aromatic carbocycles. The molecule has 20 nitrogen and oxygen atoms in total. The van der Waals surface area contributed by atoms with Gasteiger partial charge in [0.25, 0.3) is 0 Å². The van der Waals surface area contributed by atoms with Crippen molar-refractivity contribution in [2.45, 2.75) is 50.9 Å². The lowest BCUT2D eigenvalue weighted by molar-refractivity contribution is 0.211. The number of likely N-dealkylation sites (tertiary alicyclic amines) is 2. The molecule has 2 saturated heterocycles. The second-order valence-electron chi connectivity index (χ2n) is 19.0. The summed E-state index contributed by atoms with van der Waals surface area (Å²) in [5.74, 6) is 3.65. The number of piperidine rings is 2. The van der Waals surface area contributed by atoms with Crippen molar-refractivity contribution in [2.75, 3.05) is 48.3 Å². The molecule has 2 aliphatic heterocycles. The van der Waals surface area contributed by atoms with Crippen LogP contribution in [0, 0.1) is 22.7 Å². The quantitative estimate of drug-likeness (QED) is 0.0866. The van der Waals surface area contributed by atoms with Gasteiger partial charge in [-0.1, -0.05) is 24.3 Å². The summed E-state index contributed by atoms with van der Waals surface area (Å²) in [6.07, 6.45) is 10.4. The van der Waals surface area contributed by atoms with Crippen molar-refractivity contribution in [1.29, 1.82) is 10.5 Å². The zero-order chi connectivity index (χ0) is 51.5. The molecule has 0 amide bonds. The Balaban J connectivity index is 0.821. The summed E-state index contributed by atoms with van der Waals surface area (Å²) in [5, 5.41) is 25.4. The van der Waals surface area contributed by atoms with E-state index in [9.17, 15) is 10.5 Å². The molecule has 76 heavy (non-hydrogen) atoms. The summed E-state index contributed by atoms with van der Waals surface area (Å²) in [5.41, 5.74) is 22.5. The van der Waals surface area contributed by atoms with Gasteiger partial charge in [-0.05, 0) is 122 Å². The van der Waals surface area contributed by atoms with E-state index in [0.717, 1.165) is 76.3 Å². The van der Waals surface area contributed by atoms with Crippen LogP contribution >= 0.6 is 0 Å². The van der Waals surface area contributed by atoms with Crippen LogP contribution in [0.2, 0.25) is 0 Å². The summed E-state index contributed by atoms with van der Waals surface area (Å²) in [6, 6.07) is 40.6. The van der Waals surface area contributed by atoms with E-state index in [1.807, 2.05) is 69.8 Å². The number of imidazole rings is 2.